The van der Waals surface area contributed by atoms with Crippen molar-refractivity contribution in [3.8, 4) is 5.75 Å². The first-order valence-corrected chi connectivity index (χ1v) is 13.5. The minimum atomic E-state index is -0.677. The number of aromatic amines is 2. The molecular formula is C28H31N5O4S. The summed E-state index contributed by atoms with van der Waals surface area (Å²) in [5.74, 6) is 0.506. The molecule has 0 radical (unpaired) electrons. The monoisotopic (exact) mass is 533 g/mol. The maximum absolute atomic E-state index is 12.6. The van der Waals surface area contributed by atoms with E-state index >= 15 is 0 Å². The molecule has 0 unspecified atom stereocenters. The molecule has 5 rings (SSSR count). The third-order valence-electron chi connectivity index (χ3n) is 6.60. The van der Waals surface area contributed by atoms with Crippen molar-refractivity contribution in [1.29, 1.82) is 0 Å². The van der Waals surface area contributed by atoms with Gasteiger partial charge in [0, 0.05) is 61.5 Å². The Morgan fingerprint density at radius 3 is 2.47 bits per heavy atom. The van der Waals surface area contributed by atoms with Crippen LogP contribution in [0.15, 0.2) is 70.3 Å². The van der Waals surface area contributed by atoms with E-state index in [1.165, 1.54) is 20.5 Å². The minimum absolute atomic E-state index is 0.0188. The molecule has 1 fully saturated rings. The third-order valence-corrected chi connectivity index (χ3v) is 7.71. The number of nitrogens with one attached hydrogen (secondary N) is 2. The van der Waals surface area contributed by atoms with Gasteiger partial charge in [-0.05, 0) is 42.3 Å². The fourth-order valence-corrected chi connectivity index (χ4v) is 5.81. The molecule has 2 aromatic carbocycles. The first-order chi connectivity index (χ1) is 18.4. The van der Waals surface area contributed by atoms with E-state index in [0.29, 0.717) is 32.8 Å². The van der Waals surface area contributed by atoms with Crippen LogP contribution in [0.1, 0.15) is 20.9 Å². The van der Waals surface area contributed by atoms with Gasteiger partial charge in [0.2, 0.25) is 0 Å². The Kier molecular flexibility index (Phi) is 8.02. The zero-order chi connectivity index (χ0) is 26.5. The van der Waals surface area contributed by atoms with Gasteiger partial charge in [0.15, 0.2) is 0 Å². The number of thiophene rings is 1. The van der Waals surface area contributed by atoms with Gasteiger partial charge < -0.3 is 14.6 Å². The Labute approximate surface area is 224 Å². The molecular weight excluding hydrogens is 502 g/mol. The van der Waals surface area contributed by atoms with Crippen LogP contribution < -0.4 is 16.0 Å². The van der Waals surface area contributed by atoms with Crippen LogP contribution in [0, 0.1) is 0 Å². The summed E-state index contributed by atoms with van der Waals surface area (Å²) in [5, 5.41) is 1.31. The van der Waals surface area contributed by atoms with Gasteiger partial charge in [0.05, 0.1) is 0 Å². The number of H-pyrrole nitrogens is 2. The molecule has 1 aliphatic heterocycles. The number of aromatic nitrogens is 2. The van der Waals surface area contributed by atoms with Gasteiger partial charge in [-0.15, -0.1) is 11.3 Å². The molecule has 9 nitrogen and oxygen atoms in total. The van der Waals surface area contributed by atoms with Crippen LogP contribution in [0.2, 0.25) is 0 Å². The highest BCUT2D eigenvalue weighted by atomic mass is 32.1. The number of benzene rings is 2. The van der Waals surface area contributed by atoms with Crippen molar-refractivity contribution < 1.29 is 9.53 Å². The number of ether oxygens (including phenoxy) is 1. The van der Waals surface area contributed by atoms with E-state index in [1.807, 2.05) is 23.5 Å². The number of rotatable bonds is 9. The van der Waals surface area contributed by atoms with Gasteiger partial charge in [-0.3, -0.25) is 24.4 Å². The molecule has 1 amide bonds. The lowest BCUT2D eigenvalue weighted by atomic mass is 10.2. The zero-order valence-corrected chi connectivity index (χ0v) is 22.1. The van der Waals surface area contributed by atoms with Gasteiger partial charge in [-0.25, -0.2) is 4.79 Å². The van der Waals surface area contributed by atoms with Crippen LogP contribution in [0.25, 0.3) is 10.1 Å². The van der Waals surface area contributed by atoms with Crippen LogP contribution in [0.4, 0.5) is 0 Å². The van der Waals surface area contributed by atoms with E-state index in [1.54, 1.807) is 4.90 Å². The average molecular weight is 534 g/mol. The molecule has 0 aliphatic carbocycles. The number of nitrogens with zero attached hydrogens (tertiary/aromatic N) is 3. The number of hydrogen-bond acceptors (Lipinski definition) is 7. The fraction of sp³-hybridized carbons (Fsp3) is 0.321. The Hall–Kier alpha value is -3.73. The zero-order valence-electron chi connectivity index (χ0n) is 21.3. The van der Waals surface area contributed by atoms with E-state index in [0.717, 1.165) is 31.5 Å². The van der Waals surface area contributed by atoms with Gasteiger partial charge in [0.25, 0.3) is 11.5 Å². The van der Waals surface area contributed by atoms with Crippen molar-refractivity contribution in [1.82, 2.24) is 24.7 Å². The Morgan fingerprint density at radius 1 is 0.974 bits per heavy atom. The molecule has 2 aromatic heterocycles. The van der Waals surface area contributed by atoms with Gasteiger partial charge >= 0.3 is 5.69 Å². The molecule has 0 saturated carbocycles. The maximum Gasteiger partial charge on any atom is 0.326 e. The summed E-state index contributed by atoms with van der Waals surface area (Å²) >= 11 is 1.85. The Balaban J connectivity index is 1.03. The van der Waals surface area contributed by atoms with Crippen molar-refractivity contribution in [3.63, 3.8) is 0 Å². The molecule has 0 atom stereocenters. The summed E-state index contributed by atoms with van der Waals surface area (Å²) in [6, 6.07) is 20.2. The molecule has 1 aliphatic rings. The van der Waals surface area contributed by atoms with Crippen molar-refractivity contribution in [2.45, 2.75) is 13.1 Å². The summed E-state index contributed by atoms with van der Waals surface area (Å²) in [7, 11) is 2.14. The van der Waals surface area contributed by atoms with Crippen LogP contribution >= 0.6 is 11.3 Å². The normalized spacial score (nSPS) is 14.3. The van der Waals surface area contributed by atoms with Gasteiger partial charge in [0.1, 0.15) is 18.1 Å². The summed E-state index contributed by atoms with van der Waals surface area (Å²) in [5.41, 5.74) is -0.00212. The Morgan fingerprint density at radius 2 is 1.74 bits per heavy atom. The van der Waals surface area contributed by atoms with E-state index in [2.05, 4.69) is 69.3 Å². The van der Waals surface area contributed by atoms with Crippen molar-refractivity contribution in [3.05, 3.63) is 97.6 Å². The number of fused-ring (bicyclic) bond motifs is 1. The van der Waals surface area contributed by atoms with E-state index in [4.69, 9.17) is 4.74 Å². The van der Waals surface area contributed by atoms with Crippen molar-refractivity contribution in [2.75, 3.05) is 46.4 Å². The van der Waals surface area contributed by atoms with E-state index in [-0.39, 0.29) is 11.6 Å². The van der Waals surface area contributed by atoms with Crippen LogP contribution in [0.5, 0.6) is 5.75 Å². The highest BCUT2D eigenvalue weighted by Crippen LogP contribution is 2.26. The van der Waals surface area contributed by atoms with Crippen LogP contribution in [-0.4, -0.2) is 77.0 Å². The predicted molar refractivity (Wildman–Crippen MR) is 149 cm³/mol. The molecule has 1 saturated heterocycles. The van der Waals surface area contributed by atoms with E-state index < -0.39 is 11.2 Å². The smallest absolute Gasteiger partial charge is 0.326 e. The molecule has 3 heterocycles. The first kappa shape index (κ1) is 25.9. The predicted octanol–water partition coefficient (Wildman–Crippen LogP) is 2.75. The Bertz CT molecular complexity index is 1440. The average Bonchev–Trinajstić information content (AvgIpc) is 3.31. The number of piperazine rings is 1. The fourth-order valence-electron chi connectivity index (χ4n) is 4.66. The first-order valence-electron chi connectivity index (χ1n) is 12.7. The SMILES string of the molecule is CN(Cc1ccc(OCCN2CCN(C(=O)c3cc(=O)[nH]c(=O)[nH]3)CC2)cc1)Cc1cc2ccccc2s1. The highest BCUT2D eigenvalue weighted by Gasteiger charge is 2.23. The minimum Gasteiger partial charge on any atom is -0.492 e. The lowest BCUT2D eigenvalue weighted by Gasteiger charge is -2.34. The van der Waals surface area contributed by atoms with Crippen LogP contribution in [-0.2, 0) is 13.1 Å². The highest BCUT2D eigenvalue weighted by molar-refractivity contribution is 7.19. The summed E-state index contributed by atoms with van der Waals surface area (Å²) in [6.45, 7) is 5.54. The van der Waals surface area contributed by atoms with Gasteiger partial charge in [-0.1, -0.05) is 30.3 Å². The number of amides is 1. The van der Waals surface area contributed by atoms with E-state index in [9.17, 15) is 14.4 Å². The second kappa shape index (κ2) is 11.8. The van der Waals surface area contributed by atoms with Crippen molar-refractivity contribution in [2.24, 2.45) is 0 Å². The lowest BCUT2D eigenvalue weighted by molar-refractivity contribution is 0.0614. The van der Waals surface area contributed by atoms with Gasteiger partial charge in [-0.2, -0.15) is 0 Å². The lowest BCUT2D eigenvalue weighted by Crippen LogP contribution is -2.50. The second-order valence-corrected chi connectivity index (χ2v) is 10.7. The second-order valence-electron chi connectivity index (χ2n) is 9.55. The molecule has 4 aromatic rings. The van der Waals surface area contributed by atoms with Crippen LogP contribution in [0.3, 0.4) is 0 Å². The quantitative estimate of drug-likeness (QED) is 0.343. The largest absolute Gasteiger partial charge is 0.492 e. The standard InChI is InChI=1S/C28H31N5O4S/c1-31(19-23-16-21-4-2-3-5-25(21)38-23)18-20-6-8-22(9-7-20)37-15-14-32-10-12-33(13-11-32)27(35)24-17-26(34)30-28(36)29-24/h2-9,16-17H,10-15,18-19H2,1H3,(H2,29,30,34,36). The number of carbonyl (C=O) groups is 1. The molecule has 2 N–H and O–H groups in total. The summed E-state index contributed by atoms with van der Waals surface area (Å²) < 4.78 is 7.28. The number of hydrogen-bond donors (Lipinski definition) is 2. The van der Waals surface area contributed by atoms with Crippen molar-refractivity contribution >= 4 is 27.3 Å². The maximum atomic E-state index is 12.6. The molecule has 0 spiro atoms. The summed E-state index contributed by atoms with van der Waals surface area (Å²) in [4.78, 5) is 47.6. The number of carbonyl (C=O) groups excluding carboxylic acids is 1. The summed E-state index contributed by atoms with van der Waals surface area (Å²) in [6.07, 6.45) is 0. The molecule has 10 heteroatoms. The topological polar surface area (TPSA) is 102 Å². The molecule has 198 valence electrons. The third kappa shape index (κ3) is 6.58. The molecule has 0 bridgehead atoms. The molecule has 38 heavy (non-hydrogen) atoms.